The van der Waals surface area contributed by atoms with Gasteiger partial charge in [0, 0.05) is 18.8 Å². The first kappa shape index (κ1) is 14.3. The van der Waals surface area contributed by atoms with Crippen LogP contribution in [0.5, 0.6) is 0 Å². The van der Waals surface area contributed by atoms with Gasteiger partial charge in [-0.25, -0.2) is 8.42 Å². The Hall–Kier alpha value is -0.130. The summed E-state index contributed by atoms with van der Waals surface area (Å²) in [5, 5.41) is 13.1. The quantitative estimate of drug-likeness (QED) is 0.806. The van der Waals surface area contributed by atoms with Crippen LogP contribution in [0, 0.1) is 5.92 Å². The highest BCUT2D eigenvalue weighted by Gasteiger charge is 2.35. The normalized spacial score (nSPS) is 37.9. The fourth-order valence-electron chi connectivity index (χ4n) is 3.40. The van der Waals surface area contributed by atoms with Crippen LogP contribution in [-0.4, -0.2) is 43.7 Å². The molecule has 0 aromatic carbocycles. The van der Waals surface area contributed by atoms with Crippen LogP contribution in [0.1, 0.15) is 44.9 Å². The average Bonchev–Trinajstić information content (AvgIpc) is 2.76. The first-order valence-electron chi connectivity index (χ1n) is 7.09. The Morgan fingerprint density at radius 2 is 1.83 bits per heavy atom. The minimum absolute atomic E-state index is 0.0918. The minimum Gasteiger partial charge on any atom is -0.393 e. The molecule has 2 aliphatic rings. The maximum atomic E-state index is 11.7. The van der Waals surface area contributed by atoms with Crippen LogP contribution in [0.25, 0.3) is 0 Å². The summed E-state index contributed by atoms with van der Waals surface area (Å²) in [6.45, 7) is 0.762. The smallest absolute Gasteiger partial charge is 0.151 e. The second kappa shape index (κ2) is 5.88. The maximum absolute atomic E-state index is 11.7. The molecule has 0 aliphatic heterocycles. The van der Waals surface area contributed by atoms with Gasteiger partial charge in [0.15, 0.2) is 9.84 Å². The van der Waals surface area contributed by atoms with Crippen LogP contribution in [0.2, 0.25) is 0 Å². The highest BCUT2D eigenvalue weighted by molar-refractivity contribution is 7.91. The summed E-state index contributed by atoms with van der Waals surface area (Å²) in [6, 6.07) is 0.0918. The van der Waals surface area contributed by atoms with Gasteiger partial charge in [0.05, 0.1) is 11.4 Å². The molecule has 4 nitrogen and oxygen atoms in total. The van der Waals surface area contributed by atoms with Gasteiger partial charge in [-0.2, -0.15) is 0 Å². The van der Waals surface area contributed by atoms with E-state index in [9.17, 15) is 13.5 Å². The fraction of sp³-hybridized carbons (Fsp3) is 1.00. The van der Waals surface area contributed by atoms with Gasteiger partial charge in [0.1, 0.15) is 0 Å². The van der Waals surface area contributed by atoms with Gasteiger partial charge in [-0.1, -0.05) is 19.3 Å². The lowest BCUT2D eigenvalue weighted by Gasteiger charge is -2.30. The Morgan fingerprint density at radius 3 is 2.50 bits per heavy atom. The largest absolute Gasteiger partial charge is 0.393 e. The molecular weight excluding hydrogens is 250 g/mol. The van der Waals surface area contributed by atoms with Crippen molar-refractivity contribution in [1.82, 2.24) is 5.32 Å². The molecule has 0 bridgehead atoms. The molecule has 2 N–H and O–H groups in total. The van der Waals surface area contributed by atoms with E-state index < -0.39 is 9.84 Å². The summed E-state index contributed by atoms with van der Waals surface area (Å²) in [7, 11) is -2.94. The van der Waals surface area contributed by atoms with Gasteiger partial charge in [-0.3, -0.25) is 0 Å². The van der Waals surface area contributed by atoms with Gasteiger partial charge in [0.2, 0.25) is 0 Å². The number of hydrogen-bond donors (Lipinski definition) is 2. The lowest BCUT2D eigenvalue weighted by atomic mass is 9.86. The van der Waals surface area contributed by atoms with Crippen molar-refractivity contribution < 1.29 is 13.5 Å². The van der Waals surface area contributed by atoms with E-state index in [1.807, 2.05) is 0 Å². The van der Waals surface area contributed by atoms with Gasteiger partial charge in [-0.15, -0.1) is 0 Å². The monoisotopic (exact) mass is 275 g/mol. The Bertz CT molecular complexity index is 368. The van der Waals surface area contributed by atoms with Gasteiger partial charge < -0.3 is 10.4 Å². The summed E-state index contributed by atoms with van der Waals surface area (Å²) in [5.41, 5.74) is 0. The van der Waals surface area contributed by atoms with Crippen LogP contribution < -0.4 is 5.32 Å². The van der Waals surface area contributed by atoms with E-state index >= 15 is 0 Å². The molecule has 18 heavy (non-hydrogen) atoms. The Kier molecular flexibility index (Phi) is 4.67. The first-order chi connectivity index (χ1) is 8.48. The minimum atomic E-state index is -2.94. The number of nitrogens with one attached hydrogen (secondary N) is 1. The molecule has 0 saturated heterocycles. The SMILES string of the molecule is CS(=O)(=O)C1CCCC1NCC1CCCCC1O. The van der Waals surface area contributed by atoms with E-state index in [1.54, 1.807) is 0 Å². The van der Waals surface area contributed by atoms with Crippen LogP contribution in [-0.2, 0) is 9.84 Å². The molecule has 4 atom stereocenters. The first-order valence-corrected chi connectivity index (χ1v) is 9.04. The average molecular weight is 275 g/mol. The van der Waals surface area contributed by atoms with E-state index in [2.05, 4.69) is 5.32 Å². The third kappa shape index (κ3) is 3.45. The molecule has 0 aromatic heterocycles. The highest BCUT2D eigenvalue weighted by atomic mass is 32.2. The number of rotatable bonds is 4. The lowest BCUT2D eigenvalue weighted by molar-refractivity contribution is 0.0683. The zero-order chi connectivity index (χ0) is 13.2. The van der Waals surface area contributed by atoms with E-state index in [4.69, 9.17) is 0 Å². The molecule has 2 fully saturated rings. The van der Waals surface area contributed by atoms with Crippen molar-refractivity contribution in [3.63, 3.8) is 0 Å². The summed E-state index contributed by atoms with van der Waals surface area (Å²) in [5.74, 6) is 0.305. The van der Waals surface area contributed by atoms with Crippen LogP contribution >= 0.6 is 0 Å². The summed E-state index contributed by atoms with van der Waals surface area (Å²) in [4.78, 5) is 0. The molecular formula is C13H25NO3S. The Morgan fingerprint density at radius 1 is 1.11 bits per heavy atom. The van der Waals surface area contributed by atoms with Gasteiger partial charge in [-0.05, 0) is 31.6 Å². The van der Waals surface area contributed by atoms with Crippen LogP contribution in [0.15, 0.2) is 0 Å². The summed E-state index contributed by atoms with van der Waals surface area (Å²) in [6.07, 6.45) is 8.11. The molecule has 0 radical (unpaired) electrons. The standard InChI is InChI=1S/C13H25NO3S/c1-18(16,17)13-8-4-6-11(13)14-9-10-5-2-3-7-12(10)15/h10-15H,2-9H2,1H3. The second-order valence-electron chi connectivity index (χ2n) is 5.93. The maximum Gasteiger partial charge on any atom is 0.151 e. The van der Waals surface area contributed by atoms with Crippen LogP contribution in [0.4, 0.5) is 0 Å². The predicted octanol–water partition coefficient (Wildman–Crippen LogP) is 1.09. The van der Waals surface area contributed by atoms with Crippen LogP contribution in [0.3, 0.4) is 0 Å². The molecule has 5 heteroatoms. The van der Waals surface area contributed by atoms with E-state index in [0.717, 1.165) is 45.1 Å². The third-order valence-electron chi connectivity index (χ3n) is 4.51. The zero-order valence-corrected chi connectivity index (χ0v) is 12.0. The Labute approximate surface area is 110 Å². The zero-order valence-electron chi connectivity index (χ0n) is 11.1. The third-order valence-corrected chi connectivity index (χ3v) is 6.18. The van der Waals surface area contributed by atoms with Crippen molar-refractivity contribution in [2.24, 2.45) is 5.92 Å². The lowest BCUT2D eigenvalue weighted by Crippen LogP contribution is -2.44. The van der Waals surface area contributed by atoms with E-state index in [0.29, 0.717) is 5.92 Å². The number of aliphatic hydroxyl groups excluding tert-OH is 1. The molecule has 2 rings (SSSR count). The molecule has 0 aromatic rings. The van der Waals surface area contributed by atoms with Crippen molar-refractivity contribution in [2.75, 3.05) is 12.8 Å². The predicted molar refractivity (Wildman–Crippen MR) is 72.2 cm³/mol. The van der Waals surface area contributed by atoms with Gasteiger partial charge >= 0.3 is 0 Å². The Balaban J connectivity index is 1.85. The summed E-state index contributed by atoms with van der Waals surface area (Å²) >= 11 is 0. The molecule has 106 valence electrons. The molecule has 0 heterocycles. The molecule has 0 amide bonds. The van der Waals surface area contributed by atoms with E-state index in [-0.39, 0.29) is 17.4 Å². The molecule has 0 spiro atoms. The van der Waals surface area contributed by atoms with Crippen molar-refractivity contribution in [1.29, 1.82) is 0 Å². The van der Waals surface area contributed by atoms with Crippen molar-refractivity contribution in [3.8, 4) is 0 Å². The molecule has 2 aliphatic carbocycles. The van der Waals surface area contributed by atoms with E-state index in [1.165, 1.54) is 12.7 Å². The van der Waals surface area contributed by atoms with Gasteiger partial charge in [0.25, 0.3) is 0 Å². The topological polar surface area (TPSA) is 66.4 Å². The van der Waals surface area contributed by atoms with Crippen molar-refractivity contribution >= 4 is 9.84 Å². The van der Waals surface area contributed by atoms with Crippen molar-refractivity contribution in [3.05, 3.63) is 0 Å². The number of hydrogen-bond acceptors (Lipinski definition) is 4. The molecule has 2 saturated carbocycles. The molecule has 4 unspecified atom stereocenters. The second-order valence-corrected chi connectivity index (χ2v) is 8.19. The number of sulfone groups is 1. The fourth-order valence-corrected chi connectivity index (χ4v) is 4.82. The number of aliphatic hydroxyl groups is 1. The highest BCUT2D eigenvalue weighted by Crippen LogP contribution is 2.27. The van der Waals surface area contributed by atoms with Crippen molar-refractivity contribution in [2.45, 2.75) is 62.3 Å². The summed E-state index contributed by atoms with van der Waals surface area (Å²) < 4.78 is 23.3.